The molecule has 1 fully saturated rings. The Morgan fingerprint density at radius 3 is 2.75 bits per heavy atom. The summed E-state index contributed by atoms with van der Waals surface area (Å²) >= 11 is 0. The summed E-state index contributed by atoms with van der Waals surface area (Å²) in [6, 6.07) is 0.669. The van der Waals surface area contributed by atoms with Crippen molar-refractivity contribution >= 4 is 5.91 Å². The Morgan fingerprint density at radius 2 is 2.19 bits per heavy atom. The molecule has 0 aliphatic carbocycles. The number of rotatable bonds is 6. The fraction of sp³-hybridized carbons (Fsp3) is 0.917. The highest BCUT2D eigenvalue weighted by Gasteiger charge is 2.21. The van der Waals surface area contributed by atoms with Crippen LogP contribution in [0.5, 0.6) is 0 Å². The van der Waals surface area contributed by atoms with Gasteiger partial charge in [-0.3, -0.25) is 4.79 Å². The lowest BCUT2D eigenvalue weighted by Crippen LogP contribution is -2.37. The number of ether oxygens (including phenoxy) is 1. The first kappa shape index (κ1) is 13.5. The van der Waals surface area contributed by atoms with Crippen LogP contribution in [-0.2, 0) is 9.53 Å². The summed E-state index contributed by atoms with van der Waals surface area (Å²) in [5.41, 5.74) is 0. The largest absolute Gasteiger partial charge is 0.381 e. The third kappa shape index (κ3) is 4.94. The molecule has 1 rings (SSSR count). The van der Waals surface area contributed by atoms with Gasteiger partial charge in [-0.05, 0) is 33.1 Å². The monoisotopic (exact) mass is 228 g/mol. The van der Waals surface area contributed by atoms with Gasteiger partial charge >= 0.3 is 0 Å². The van der Waals surface area contributed by atoms with Crippen LogP contribution in [-0.4, -0.2) is 37.7 Å². The van der Waals surface area contributed by atoms with Crippen molar-refractivity contribution in [2.24, 2.45) is 5.92 Å². The summed E-state index contributed by atoms with van der Waals surface area (Å²) in [5, 5.41) is 6.27. The lowest BCUT2D eigenvalue weighted by Gasteiger charge is -2.19. The van der Waals surface area contributed by atoms with E-state index in [1.54, 1.807) is 0 Å². The molecule has 0 aromatic rings. The van der Waals surface area contributed by atoms with E-state index < -0.39 is 0 Å². The number of hydrogen-bond acceptors (Lipinski definition) is 3. The van der Waals surface area contributed by atoms with E-state index in [0.29, 0.717) is 18.4 Å². The van der Waals surface area contributed by atoms with Crippen molar-refractivity contribution in [2.45, 2.75) is 45.7 Å². The first-order valence-corrected chi connectivity index (χ1v) is 6.20. The molecule has 2 unspecified atom stereocenters. The summed E-state index contributed by atoms with van der Waals surface area (Å²) < 4.78 is 5.34. The summed E-state index contributed by atoms with van der Waals surface area (Å²) in [5.74, 6) is 0.727. The summed E-state index contributed by atoms with van der Waals surface area (Å²) in [6.45, 7) is 8.60. The van der Waals surface area contributed by atoms with Crippen LogP contribution in [0.15, 0.2) is 0 Å². The van der Waals surface area contributed by atoms with Gasteiger partial charge in [-0.25, -0.2) is 0 Å². The smallest absolute Gasteiger partial charge is 0.221 e. The lowest BCUT2D eigenvalue weighted by molar-refractivity contribution is -0.121. The molecule has 1 aliphatic rings. The Morgan fingerprint density at radius 1 is 1.44 bits per heavy atom. The summed E-state index contributed by atoms with van der Waals surface area (Å²) in [7, 11) is 0. The minimum atomic E-state index is 0.123. The molecule has 0 saturated carbocycles. The Kier molecular flexibility index (Phi) is 5.77. The minimum Gasteiger partial charge on any atom is -0.381 e. The molecule has 0 bridgehead atoms. The number of hydrogen-bond donors (Lipinski definition) is 2. The van der Waals surface area contributed by atoms with Crippen LogP contribution < -0.4 is 10.6 Å². The van der Waals surface area contributed by atoms with Crippen molar-refractivity contribution in [1.82, 2.24) is 10.6 Å². The van der Waals surface area contributed by atoms with E-state index >= 15 is 0 Å². The summed E-state index contributed by atoms with van der Waals surface area (Å²) in [6.07, 6.45) is 1.68. The van der Waals surface area contributed by atoms with Crippen LogP contribution >= 0.6 is 0 Å². The zero-order valence-corrected chi connectivity index (χ0v) is 10.6. The van der Waals surface area contributed by atoms with Crippen LogP contribution in [0.25, 0.3) is 0 Å². The van der Waals surface area contributed by atoms with Gasteiger partial charge in [-0.15, -0.1) is 0 Å². The number of amides is 1. The van der Waals surface area contributed by atoms with Gasteiger partial charge in [0.25, 0.3) is 0 Å². The van der Waals surface area contributed by atoms with Crippen molar-refractivity contribution in [3.8, 4) is 0 Å². The van der Waals surface area contributed by atoms with Crippen molar-refractivity contribution in [3.05, 3.63) is 0 Å². The van der Waals surface area contributed by atoms with Gasteiger partial charge in [0.1, 0.15) is 0 Å². The Balaban J connectivity index is 2.07. The van der Waals surface area contributed by atoms with Gasteiger partial charge in [0.05, 0.1) is 6.61 Å². The van der Waals surface area contributed by atoms with Gasteiger partial charge in [0.2, 0.25) is 5.91 Å². The average molecular weight is 228 g/mol. The van der Waals surface area contributed by atoms with Gasteiger partial charge in [0, 0.05) is 31.7 Å². The van der Waals surface area contributed by atoms with Crippen molar-refractivity contribution in [2.75, 3.05) is 19.8 Å². The lowest BCUT2D eigenvalue weighted by atomic mass is 10.0. The van der Waals surface area contributed by atoms with Crippen molar-refractivity contribution < 1.29 is 9.53 Å². The molecular formula is C12H24N2O2. The molecule has 0 aromatic carbocycles. The molecule has 1 amide bonds. The molecule has 16 heavy (non-hydrogen) atoms. The maximum absolute atomic E-state index is 11.4. The fourth-order valence-electron chi connectivity index (χ4n) is 1.92. The summed E-state index contributed by atoms with van der Waals surface area (Å²) in [4.78, 5) is 11.4. The normalized spacial score (nSPS) is 22.4. The molecule has 1 heterocycles. The van der Waals surface area contributed by atoms with Crippen molar-refractivity contribution in [3.63, 3.8) is 0 Å². The van der Waals surface area contributed by atoms with Crippen LogP contribution in [0.2, 0.25) is 0 Å². The first-order chi connectivity index (χ1) is 7.59. The molecule has 0 radical (unpaired) electrons. The molecule has 0 aromatic heterocycles. The first-order valence-electron chi connectivity index (χ1n) is 6.20. The minimum absolute atomic E-state index is 0.123. The second-order valence-corrected chi connectivity index (χ2v) is 4.84. The van der Waals surface area contributed by atoms with E-state index in [4.69, 9.17) is 4.74 Å². The van der Waals surface area contributed by atoms with Crippen LogP contribution in [0.4, 0.5) is 0 Å². The average Bonchev–Trinajstić information content (AvgIpc) is 2.68. The predicted molar refractivity (Wildman–Crippen MR) is 64.3 cm³/mol. The topological polar surface area (TPSA) is 50.4 Å². The molecule has 0 spiro atoms. The molecule has 1 saturated heterocycles. The SMILES string of the molecule is CC(C)NC(=O)CCNC(C)C1CCOC1. The zero-order chi connectivity index (χ0) is 12.0. The maximum Gasteiger partial charge on any atom is 0.221 e. The van der Waals surface area contributed by atoms with E-state index in [1.165, 1.54) is 0 Å². The number of nitrogens with one attached hydrogen (secondary N) is 2. The van der Waals surface area contributed by atoms with Crippen molar-refractivity contribution in [1.29, 1.82) is 0 Å². The Labute approximate surface area is 98.1 Å². The van der Waals surface area contributed by atoms with Gasteiger partial charge in [-0.1, -0.05) is 0 Å². The predicted octanol–water partition coefficient (Wildman–Crippen LogP) is 0.916. The van der Waals surface area contributed by atoms with Crippen LogP contribution in [0.1, 0.15) is 33.6 Å². The molecule has 2 atom stereocenters. The number of carbonyl (C=O) groups excluding carboxylic acids is 1. The standard InChI is InChI=1S/C12H24N2O2/c1-9(2)14-12(15)4-6-13-10(3)11-5-7-16-8-11/h9-11,13H,4-8H2,1-3H3,(H,14,15). The molecule has 1 aliphatic heterocycles. The highest BCUT2D eigenvalue weighted by atomic mass is 16.5. The fourth-order valence-corrected chi connectivity index (χ4v) is 1.92. The Bertz CT molecular complexity index is 213. The highest BCUT2D eigenvalue weighted by Crippen LogP contribution is 2.16. The molecule has 4 heteroatoms. The third-order valence-electron chi connectivity index (χ3n) is 2.94. The van der Waals surface area contributed by atoms with E-state index in [2.05, 4.69) is 17.6 Å². The Hall–Kier alpha value is -0.610. The van der Waals surface area contributed by atoms with E-state index in [1.807, 2.05) is 13.8 Å². The van der Waals surface area contributed by atoms with E-state index in [0.717, 1.165) is 26.2 Å². The maximum atomic E-state index is 11.4. The van der Waals surface area contributed by atoms with E-state index in [-0.39, 0.29) is 11.9 Å². The molecule has 94 valence electrons. The zero-order valence-electron chi connectivity index (χ0n) is 10.6. The highest BCUT2D eigenvalue weighted by molar-refractivity contribution is 5.76. The van der Waals surface area contributed by atoms with Gasteiger partial charge in [-0.2, -0.15) is 0 Å². The third-order valence-corrected chi connectivity index (χ3v) is 2.94. The van der Waals surface area contributed by atoms with E-state index in [9.17, 15) is 4.79 Å². The van der Waals surface area contributed by atoms with Crippen LogP contribution in [0, 0.1) is 5.92 Å². The molecular weight excluding hydrogens is 204 g/mol. The second-order valence-electron chi connectivity index (χ2n) is 4.84. The molecule has 2 N–H and O–H groups in total. The molecule has 4 nitrogen and oxygen atoms in total. The van der Waals surface area contributed by atoms with Gasteiger partial charge in [0.15, 0.2) is 0 Å². The second kappa shape index (κ2) is 6.86. The van der Waals surface area contributed by atoms with Gasteiger partial charge < -0.3 is 15.4 Å². The van der Waals surface area contributed by atoms with Crippen LogP contribution in [0.3, 0.4) is 0 Å². The quantitative estimate of drug-likeness (QED) is 0.710. The number of carbonyl (C=O) groups is 1.